The lowest BCUT2D eigenvalue weighted by Gasteiger charge is -2.17. The minimum Gasteiger partial charge on any atom is -0.303 e. The Morgan fingerprint density at radius 2 is 1.83 bits per heavy atom. The third kappa shape index (κ3) is 2.91. The molecule has 0 bridgehead atoms. The third-order valence-electron chi connectivity index (χ3n) is 4.14. The molecule has 1 aromatic heterocycles. The number of aryl methyl sites for hydroxylation is 2. The number of hydrogen-bond acceptors (Lipinski definition) is 4. The molecule has 3 rings (SSSR count). The zero-order chi connectivity index (χ0) is 16.8. The van der Waals surface area contributed by atoms with Crippen LogP contribution in [0.25, 0.3) is 0 Å². The predicted molar refractivity (Wildman–Crippen MR) is 88.2 cm³/mol. The van der Waals surface area contributed by atoms with E-state index in [1.165, 1.54) is 4.31 Å². The van der Waals surface area contributed by atoms with Gasteiger partial charge < -0.3 is 4.90 Å². The summed E-state index contributed by atoms with van der Waals surface area (Å²) in [5.41, 5.74) is 4.02. The number of benzene rings is 1. The number of hydrogen-bond donors (Lipinski definition) is 0. The second-order valence-corrected chi connectivity index (χ2v) is 8.26. The molecule has 0 radical (unpaired) electrons. The average molecular weight is 334 g/mol. The van der Waals surface area contributed by atoms with Crippen molar-refractivity contribution in [2.24, 2.45) is 7.05 Å². The molecule has 0 fully saturated rings. The molecule has 0 saturated carbocycles. The van der Waals surface area contributed by atoms with Crippen molar-refractivity contribution >= 4 is 10.0 Å². The van der Waals surface area contributed by atoms with Crippen LogP contribution in [0.3, 0.4) is 0 Å². The maximum Gasteiger partial charge on any atom is 0.243 e. The lowest BCUT2D eigenvalue weighted by Crippen LogP contribution is -2.27. The van der Waals surface area contributed by atoms with Crippen LogP contribution in [0.5, 0.6) is 0 Å². The van der Waals surface area contributed by atoms with Crippen LogP contribution in [-0.4, -0.2) is 41.5 Å². The Kier molecular flexibility index (Phi) is 4.03. The zero-order valence-corrected chi connectivity index (χ0v) is 14.8. The van der Waals surface area contributed by atoms with Crippen LogP contribution in [0.4, 0.5) is 0 Å². The van der Waals surface area contributed by atoms with E-state index in [0.29, 0.717) is 24.5 Å². The number of sulfonamides is 1. The number of rotatable bonds is 4. The summed E-state index contributed by atoms with van der Waals surface area (Å²) in [6.07, 6.45) is 0. The summed E-state index contributed by atoms with van der Waals surface area (Å²) in [6, 6.07) is 7.00. The second kappa shape index (κ2) is 5.74. The van der Waals surface area contributed by atoms with Crippen LogP contribution in [0.1, 0.15) is 22.5 Å². The molecule has 0 amide bonds. The molecule has 0 spiro atoms. The van der Waals surface area contributed by atoms with Gasteiger partial charge in [0.25, 0.3) is 0 Å². The molecular formula is C16H22N4O2S. The largest absolute Gasteiger partial charge is 0.303 e. The van der Waals surface area contributed by atoms with Gasteiger partial charge in [-0.2, -0.15) is 9.40 Å². The SMILES string of the molecule is Cc1ccc(S(=O)(=O)N2Cc3c(CN(C)C)nn(C)c3C2)cc1. The van der Waals surface area contributed by atoms with Crippen LogP contribution >= 0.6 is 0 Å². The molecule has 0 unspecified atom stereocenters. The van der Waals surface area contributed by atoms with Crippen molar-refractivity contribution in [3.05, 3.63) is 46.8 Å². The Hall–Kier alpha value is -1.70. The summed E-state index contributed by atoms with van der Waals surface area (Å²) >= 11 is 0. The van der Waals surface area contributed by atoms with Crippen molar-refractivity contribution in [1.82, 2.24) is 19.0 Å². The highest BCUT2D eigenvalue weighted by molar-refractivity contribution is 7.89. The number of fused-ring (bicyclic) bond motifs is 1. The van der Waals surface area contributed by atoms with E-state index in [4.69, 9.17) is 0 Å². The summed E-state index contributed by atoms with van der Waals surface area (Å²) < 4.78 is 29.0. The molecule has 0 saturated heterocycles. The van der Waals surface area contributed by atoms with Crippen LogP contribution in [-0.2, 0) is 36.7 Å². The summed E-state index contributed by atoms with van der Waals surface area (Å²) in [7, 11) is 2.36. The molecule has 124 valence electrons. The Labute approximate surface area is 137 Å². The Morgan fingerprint density at radius 3 is 2.43 bits per heavy atom. The van der Waals surface area contributed by atoms with Crippen molar-refractivity contribution in [2.75, 3.05) is 14.1 Å². The van der Waals surface area contributed by atoms with E-state index in [-0.39, 0.29) is 0 Å². The summed E-state index contributed by atoms with van der Waals surface area (Å²) in [5, 5.41) is 4.53. The average Bonchev–Trinajstić information content (AvgIpc) is 3.02. The molecule has 0 N–H and O–H groups in total. The van der Waals surface area contributed by atoms with Gasteiger partial charge in [-0.05, 0) is 33.2 Å². The molecule has 1 aliphatic heterocycles. The molecule has 2 heterocycles. The van der Waals surface area contributed by atoms with E-state index in [0.717, 1.165) is 22.5 Å². The highest BCUT2D eigenvalue weighted by Gasteiger charge is 2.34. The van der Waals surface area contributed by atoms with Crippen molar-refractivity contribution in [3.8, 4) is 0 Å². The first kappa shape index (κ1) is 16.2. The molecule has 7 heteroatoms. The smallest absolute Gasteiger partial charge is 0.243 e. The van der Waals surface area contributed by atoms with E-state index >= 15 is 0 Å². The fourth-order valence-electron chi connectivity index (χ4n) is 2.90. The maximum atomic E-state index is 12.8. The molecule has 1 aliphatic rings. The molecule has 0 atom stereocenters. The highest BCUT2D eigenvalue weighted by atomic mass is 32.2. The molecule has 6 nitrogen and oxygen atoms in total. The van der Waals surface area contributed by atoms with Crippen molar-refractivity contribution < 1.29 is 8.42 Å². The second-order valence-electron chi connectivity index (χ2n) is 6.32. The number of aromatic nitrogens is 2. The van der Waals surface area contributed by atoms with Gasteiger partial charge in [0.2, 0.25) is 10.0 Å². The van der Waals surface area contributed by atoms with Crippen LogP contribution in [0.2, 0.25) is 0 Å². The number of nitrogens with zero attached hydrogens (tertiary/aromatic N) is 4. The van der Waals surface area contributed by atoms with Gasteiger partial charge in [0.15, 0.2) is 0 Å². The third-order valence-corrected chi connectivity index (χ3v) is 5.95. The highest BCUT2D eigenvalue weighted by Crippen LogP contribution is 2.30. The van der Waals surface area contributed by atoms with E-state index in [2.05, 4.69) is 5.10 Å². The van der Waals surface area contributed by atoms with E-state index in [1.807, 2.05) is 45.1 Å². The first-order valence-electron chi connectivity index (χ1n) is 7.54. The van der Waals surface area contributed by atoms with Gasteiger partial charge in [-0.15, -0.1) is 0 Å². The van der Waals surface area contributed by atoms with Crippen molar-refractivity contribution in [1.29, 1.82) is 0 Å². The Bertz CT molecular complexity index is 823. The molecule has 23 heavy (non-hydrogen) atoms. The van der Waals surface area contributed by atoms with Crippen molar-refractivity contribution in [2.45, 2.75) is 31.5 Å². The molecule has 2 aromatic rings. The molecule has 0 aliphatic carbocycles. The van der Waals surface area contributed by atoms with E-state index in [1.54, 1.807) is 16.8 Å². The first-order valence-corrected chi connectivity index (χ1v) is 8.98. The van der Waals surface area contributed by atoms with Gasteiger partial charge in [0.05, 0.1) is 22.8 Å². The van der Waals surface area contributed by atoms with Gasteiger partial charge in [-0.3, -0.25) is 4.68 Å². The zero-order valence-electron chi connectivity index (χ0n) is 13.9. The summed E-state index contributed by atoms with van der Waals surface area (Å²) in [6.45, 7) is 3.42. The minimum atomic E-state index is -3.48. The fourth-order valence-corrected chi connectivity index (χ4v) is 4.27. The summed E-state index contributed by atoms with van der Waals surface area (Å²) in [4.78, 5) is 2.39. The van der Waals surface area contributed by atoms with Crippen LogP contribution in [0.15, 0.2) is 29.2 Å². The van der Waals surface area contributed by atoms with Crippen molar-refractivity contribution in [3.63, 3.8) is 0 Å². The van der Waals surface area contributed by atoms with E-state index < -0.39 is 10.0 Å². The van der Waals surface area contributed by atoms with Gasteiger partial charge in [0, 0.05) is 25.7 Å². The lowest BCUT2D eigenvalue weighted by atomic mass is 10.2. The predicted octanol–water partition coefficient (Wildman–Crippen LogP) is 1.49. The van der Waals surface area contributed by atoms with Crippen LogP contribution < -0.4 is 0 Å². The molecule has 1 aromatic carbocycles. The van der Waals surface area contributed by atoms with Crippen LogP contribution in [0, 0.1) is 6.92 Å². The monoisotopic (exact) mass is 334 g/mol. The van der Waals surface area contributed by atoms with Gasteiger partial charge in [-0.25, -0.2) is 8.42 Å². The molecular weight excluding hydrogens is 312 g/mol. The topological polar surface area (TPSA) is 58.4 Å². The Balaban J connectivity index is 1.91. The Morgan fingerprint density at radius 1 is 1.17 bits per heavy atom. The first-order chi connectivity index (χ1) is 10.8. The summed E-state index contributed by atoms with van der Waals surface area (Å²) in [5.74, 6) is 0. The van der Waals surface area contributed by atoms with E-state index in [9.17, 15) is 8.42 Å². The maximum absolute atomic E-state index is 12.8. The normalized spacial score (nSPS) is 15.3. The fraction of sp³-hybridized carbons (Fsp3) is 0.438. The quantitative estimate of drug-likeness (QED) is 0.850. The minimum absolute atomic E-state index is 0.345. The standard InChI is InChI=1S/C16H22N4O2S/c1-12-5-7-13(8-6-12)23(21,22)20-9-14-15(10-18(2)3)17-19(4)16(14)11-20/h5-8H,9-11H2,1-4H3. The van der Waals surface area contributed by atoms with Gasteiger partial charge in [-0.1, -0.05) is 17.7 Å². The van der Waals surface area contributed by atoms with Gasteiger partial charge in [0.1, 0.15) is 0 Å². The van der Waals surface area contributed by atoms with Gasteiger partial charge >= 0.3 is 0 Å². The lowest BCUT2D eigenvalue weighted by molar-refractivity contribution is 0.384.